The molecule has 1 unspecified atom stereocenters. The van der Waals surface area contributed by atoms with Gasteiger partial charge in [0.05, 0.1) is 6.54 Å². The van der Waals surface area contributed by atoms with Crippen LogP contribution in [0.5, 0.6) is 0 Å². The number of thiazole rings is 1. The van der Waals surface area contributed by atoms with E-state index >= 15 is 0 Å². The lowest BCUT2D eigenvalue weighted by Gasteiger charge is -1.95. The van der Waals surface area contributed by atoms with Gasteiger partial charge in [-0.15, -0.1) is 0 Å². The minimum absolute atomic E-state index is 0.175. The van der Waals surface area contributed by atoms with Gasteiger partial charge in [-0.25, -0.2) is 9.97 Å². The van der Waals surface area contributed by atoms with E-state index in [1.54, 1.807) is 6.20 Å². The third kappa shape index (κ3) is 1.33. The van der Waals surface area contributed by atoms with Crippen molar-refractivity contribution < 1.29 is 4.79 Å². The smallest absolute Gasteiger partial charge is 0.242 e. The number of nitrogens with zero attached hydrogens (tertiary/aromatic N) is 3. The zero-order chi connectivity index (χ0) is 10.4. The van der Waals surface area contributed by atoms with E-state index in [1.807, 2.05) is 17.0 Å². The number of carbonyl (C=O) groups excluding carboxylic acids is 1. The minimum Gasteiger partial charge on any atom is -0.368 e. The van der Waals surface area contributed by atoms with E-state index in [0.717, 1.165) is 15.5 Å². The van der Waals surface area contributed by atoms with Gasteiger partial charge in [-0.3, -0.25) is 4.79 Å². The van der Waals surface area contributed by atoms with Crippen molar-refractivity contribution in [2.45, 2.75) is 6.04 Å². The van der Waals surface area contributed by atoms with Crippen molar-refractivity contribution in [1.82, 2.24) is 9.97 Å². The summed E-state index contributed by atoms with van der Waals surface area (Å²) >= 11 is 1.48. The van der Waals surface area contributed by atoms with Crippen molar-refractivity contribution >= 4 is 32.7 Å². The molecular formula is C9H8N4OS. The van der Waals surface area contributed by atoms with E-state index in [4.69, 9.17) is 5.73 Å². The van der Waals surface area contributed by atoms with Crippen LogP contribution in [0, 0.1) is 0 Å². The number of carbonyl (C=O) groups is 1. The third-order valence-corrected chi connectivity index (χ3v) is 3.36. The minimum atomic E-state index is -0.290. The Hall–Kier alpha value is -1.69. The lowest BCUT2D eigenvalue weighted by atomic mass is 10.5. The Balaban J connectivity index is 1.97. The fourth-order valence-corrected chi connectivity index (χ4v) is 2.44. The lowest BCUT2D eigenvalue weighted by molar-refractivity contribution is -0.117. The highest BCUT2D eigenvalue weighted by atomic mass is 32.1. The molecule has 15 heavy (non-hydrogen) atoms. The first-order chi connectivity index (χ1) is 7.25. The monoisotopic (exact) mass is 220 g/mol. The van der Waals surface area contributed by atoms with Gasteiger partial charge in [-0.05, 0) is 12.1 Å². The van der Waals surface area contributed by atoms with Crippen LogP contribution >= 0.6 is 11.3 Å². The van der Waals surface area contributed by atoms with Crippen molar-refractivity contribution in [2.24, 2.45) is 5.73 Å². The summed E-state index contributed by atoms with van der Waals surface area (Å²) in [6.07, 6.45) is 1.73. The second-order valence-corrected chi connectivity index (χ2v) is 4.35. The Bertz CT molecular complexity index is 505. The summed E-state index contributed by atoms with van der Waals surface area (Å²) in [5, 5.41) is 0.826. The summed E-state index contributed by atoms with van der Waals surface area (Å²) in [7, 11) is 0. The number of rotatable bonds is 2. The number of aromatic nitrogens is 2. The molecule has 1 amide bonds. The summed E-state index contributed by atoms with van der Waals surface area (Å²) in [6.45, 7) is 0.676. The molecule has 0 saturated carbocycles. The molecule has 1 atom stereocenters. The molecule has 2 aromatic rings. The lowest BCUT2D eigenvalue weighted by Crippen LogP contribution is -2.21. The molecule has 1 aliphatic rings. The Morgan fingerprint density at radius 3 is 3.20 bits per heavy atom. The Kier molecular flexibility index (Phi) is 1.66. The van der Waals surface area contributed by atoms with Crippen LogP contribution in [0.15, 0.2) is 18.3 Å². The number of primary amides is 1. The maximum absolute atomic E-state index is 10.9. The molecule has 3 rings (SSSR count). The quantitative estimate of drug-likeness (QED) is 0.742. The highest BCUT2D eigenvalue weighted by Crippen LogP contribution is 2.33. The van der Waals surface area contributed by atoms with Crippen LogP contribution in [-0.4, -0.2) is 28.5 Å². The normalized spacial score (nSPS) is 19.5. The van der Waals surface area contributed by atoms with Gasteiger partial charge >= 0.3 is 0 Å². The molecule has 3 heterocycles. The van der Waals surface area contributed by atoms with Crippen LogP contribution in [0.1, 0.15) is 0 Å². The predicted octanol–water partition coefficient (Wildman–Crippen LogP) is 0.365. The fourth-order valence-electron chi connectivity index (χ4n) is 1.48. The molecule has 76 valence electrons. The number of amides is 1. The molecule has 0 spiro atoms. The SMILES string of the molecule is NC(=O)C1CN1c1nc2cccnc2s1. The Morgan fingerprint density at radius 1 is 1.67 bits per heavy atom. The highest BCUT2D eigenvalue weighted by molar-refractivity contribution is 7.21. The van der Waals surface area contributed by atoms with Crippen LogP contribution in [0.4, 0.5) is 5.13 Å². The first-order valence-corrected chi connectivity index (χ1v) is 5.35. The molecule has 1 saturated heterocycles. The summed E-state index contributed by atoms with van der Waals surface area (Å²) in [5.41, 5.74) is 6.07. The highest BCUT2D eigenvalue weighted by Gasteiger charge is 2.41. The van der Waals surface area contributed by atoms with Gasteiger partial charge in [0.1, 0.15) is 16.4 Å². The van der Waals surface area contributed by atoms with E-state index in [0.29, 0.717) is 6.54 Å². The fraction of sp³-hybridized carbons (Fsp3) is 0.222. The van der Waals surface area contributed by atoms with Gasteiger partial charge < -0.3 is 10.6 Å². The van der Waals surface area contributed by atoms with Crippen LogP contribution in [-0.2, 0) is 4.79 Å². The summed E-state index contributed by atoms with van der Waals surface area (Å²) in [4.78, 5) is 22.3. The van der Waals surface area contributed by atoms with Crippen molar-refractivity contribution in [3.63, 3.8) is 0 Å². The molecule has 6 heteroatoms. The van der Waals surface area contributed by atoms with Gasteiger partial charge in [-0.1, -0.05) is 11.3 Å². The van der Waals surface area contributed by atoms with E-state index in [9.17, 15) is 4.79 Å². The van der Waals surface area contributed by atoms with Crippen molar-refractivity contribution in [2.75, 3.05) is 11.4 Å². The van der Waals surface area contributed by atoms with Crippen molar-refractivity contribution in [3.8, 4) is 0 Å². The van der Waals surface area contributed by atoms with Gasteiger partial charge in [0.15, 0.2) is 5.13 Å². The molecule has 2 N–H and O–H groups in total. The largest absolute Gasteiger partial charge is 0.368 e. The molecule has 0 bridgehead atoms. The molecule has 2 aromatic heterocycles. The van der Waals surface area contributed by atoms with Gasteiger partial charge in [-0.2, -0.15) is 0 Å². The molecule has 0 aliphatic carbocycles. The van der Waals surface area contributed by atoms with Crippen molar-refractivity contribution in [3.05, 3.63) is 18.3 Å². The van der Waals surface area contributed by atoms with E-state index in [2.05, 4.69) is 9.97 Å². The number of fused-ring (bicyclic) bond motifs is 1. The third-order valence-electron chi connectivity index (χ3n) is 2.34. The van der Waals surface area contributed by atoms with Gasteiger partial charge in [0.25, 0.3) is 0 Å². The second-order valence-electron chi connectivity index (χ2n) is 3.39. The van der Waals surface area contributed by atoms with Gasteiger partial charge in [0, 0.05) is 6.20 Å². The van der Waals surface area contributed by atoms with E-state index in [1.165, 1.54) is 11.3 Å². The standard InChI is InChI=1S/C9H8N4OS/c10-7(14)6-4-13(6)9-12-5-2-1-3-11-8(5)15-9/h1-3,6H,4H2,(H2,10,14). The topological polar surface area (TPSA) is 71.9 Å². The summed E-state index contributed by atoms with van der Waals surface area (Å²) < 4.78 is 0. The zero-order valence-corrected chi connectivity index (χ0v) is 8.57. The molecular weight excluding hydrogens is 212 g/mol. The van der Waals surface area contributed by atoms with Crippen molar-refractivity contribution in [1.29, 1.82) is 0 Å². The average Bonchev–Trinajstić information content (AvgIpc) is 2.91. The zero-order valence-electron chi connectivity index (χ0n) is 7.75. The van der Waals surface area contributed by atoms with E-state index in [-0.39, 0.29) is 11.9 Å². The van der Waals surface area contributed by atoms with Crippen LogP contribution in [0.25, 0.3) is 10.3 Å². The average molecular weight is 220 g/mol. The first kappa shape index (κ1) is 8.60. The van der Waals surface area contributed by atoms with Crippen LogP contribution < -0.4 is 10.6 Å². The summed E-state index contributed by atoms with van der Waals surface area (Å²) in [6, 6.07) is 3.58. The van der Waals surface area contributed by atoms with Gasteiger partial charge in [0.2, 0.25) is 5.91 Å². The Labute approximate surface area is 89.5 Å². The predicted molar refractivity (Wildman–Crippen MR) is 57.7 cm³/mol. The number of nitrogens with two attached hydrogens (primary N) is 1. The number of pyridine rings is 1. The molecule has 5 nitrogen and oxygen atoms in total. The number of hydrogen-bond donors (Lipinski definition) is 1. The maximum Gasteiger partial charge on any atom is 0.242 e. The molecule has 1 fully saturated rings. The van der Waals surface area contributed by atoms with Crippen LogP contribution in [0.3, 0.4) is 0 Å². The maximum atomic E-state index is 10.9. The summed E-state index contributed by atoms with van der Waals surface area (Å²) in [5.74, 6) is -0.290. The van der Waals surface area contributed by atoms with E-state index < -0.39 is 0 Å². The van der Waals surface area contributed by atoms with Crippen LogP contribution in [0.2, 0.25) is 0 Å². The molecule has 1 aliphatic heterocycles. The number of anilines is 1. The molecule has 0 aromatic carbocycles. The second kappa shape index (κ2) is 2.90. The molecule has 0 radical (unpaired) electrons. The number of hydrogen-bond acceptors (Lipinski definition) is 5. The Morgan fingerprint density at radius 2 is 2.53 bits per heavy atom. The first-order valence-electron chi connectivity index (χ1n) is 4.53.